The van der Waals surface area contributed by atoms with Crippen LogP contribution < -0.4 is 9.64 Å². The summed E-state index contributed by atoms with van der Waals surface area (Å²) in [6.45, 7) is 2.38. The zero-order valence-electron chi connectivity index (χ0n) is 24.4. The largest absolute Gasteiger partial charge is 0.507 e. The molecule has 1 atom stereocenters. The van der Waals surface area contributed by atoms with E-state index in [9.17, 15) is 14.7 Å². The number of ketones is 1. The highest BCUT2D eigenvalue weighted by Crippen LogP contribution is 2.45. The van der Waals surface area contributed by atoms with Crippen molar-refractivity contribution < 1.29 is 19.4 Å². The molecule has 5 aromatic rings. The Balaban J connectivity index is 1.31. The van der Waals surface area contributed by atoms with Crippen molar-refractivity contribution in [2.24, 2.45) is 0 Å². The molecular formula is C34H23Cl4N3O4S2. The van der Waals surface area contributed by atoms with Gasteiger partial charge in [-0.15, -0.1) is 10.2 Å². The Labute approximate surface area is 298 Å². The van der Waals surface area contributed by atoms with Crippen molar-refractivity contribution in [2.75, 3.05) is 4.90 Å². The monoisotopic (exact) mass is 741 g/mol. The fourth-order valence-corrected chi connectivity index (χ4v) is 7.73. The second-order valence-electron chi connectivity index (χ2n) is 10.5. The lowest BCUT2D eigenvalue weighted by Crippen LogP contribution is -2.29. The van der Waals surface area contributed by atoms with Crippen LogP contribution in [0.25, 0.3) is 5.76 Å². The van der Waals surface area contributed by atoms with Gasteiger partial charge in [-0.25, -0.2) is 0 Å². The summed E-state index contributed by atoms with van der Waals surface area (Å²) in [6.07, 6.45) is 0. The molecule has 7 nitrogen and oxygen atoms in total. The van der Waals surface area contributed by atoms with Crippen LogP contribution in [0.5, 0.6) is 5.75 Å². The second kappa shape index (κ2) is 14.3. The van der Waals surface area contributed by atoms with Gasteiger partial charge in [0.1, 0.15) is 18.1 Å². The summed E-state index contributed by atoms with van der Waals surface area (Å²) in [4.78, 5) is 28.4. The molecule has 1 N–H and O–H groups in total. The van der Waals surface area contributed by atoms with E-state index < -0.39 is 17.7 Å². The van der Waals surface area contributed by atoms with E-state index in [0.717, 1.165) is 28.0 Å². The van der Waals surface area contributed by atoms with E-state index in [4.69, 9.17) is 51.1 Å². The van der Waals surface area contributed by atoms with Crippen LogP contribution in [0.1, 0.15) is 33.9 Å². The Morgan fingerprint density at radius 3 is 2.43 bits per heavy atom. The van der Waals surface area contributed by atoms with Gasteiger partial charge in [-0.2, -0.15) is 0 Å². The van der Waals surface area contributed by atoms with E-state index in [1.54, 1.807) is 54.6 Å². The molecule has 1 unspecified atom stereocenters. The van der Waals surface area contributed by atoms with E-state index >= 15 is 0 Å². The molecule has 1 fully saturated rings. The third-order valence-corrected chi connectivity index (χ3v) is 10.7. The lowest BCUT2D eigenvalue weighted by atomic mass is 9.95. The number of Topliss-reactive ketones (excluding diaryl/α,β-unsaturated/α-hetero) is 1. The highest BCUT2D eigenvalue weighted by molar-refractivity contribution is 8.00. The van der Waals surface area contributed by atoms with Crippen molar-refractivity contribution in [2.45, 2.75) is 29.7 Å². The van der Waals surface area contributed by atoms with Crippen molar-refractivity contribution in [3.05, 3.63) is 138 Å². The van der Waals surface area contributed by atoms with Crippen LogP contribution in [0.4, 0.5) is 5.13 Å². The maximum Gasteiger partial charge on any atom is 0.301 e. The molecule has 4 aromatic carbocycles. The quantitative estimate of drug-likeness (QED) is 0.0528. The molecule has 1 aliphatic rings. The molecule has 0 spiro atoms. The molecule has 13 heteroatoms. The number of aryl methyl sites for hydroxylation is 1. The van der Waals surface area contributed by atoms with Gasteiger partial charge in [-0.1, -0.05) is 111 Å². The minimum absolute atomic E-state index is 0.126. The van der Waals surface area contributed by atoms with Gasteiger partial charge in [-0.05, 0) is 72.1 Å². The fraction of sp³-hybridized carbons (Fsp3) is 0.118. The predicted octanol–water partition coefficient (Wildman–Crippen LogP) is 9.96. The summed E-state index contributed by atoms with van der Waals surface area (Å²) in [5.41, 5.74) is 3.65. The van der Waals surface area contributed by atoms with Crippen LogP contribution >= 0.6 is 69.5 Å². The maximum atomic E-state index is 13.6. The number of ether oxygens (including phenoxy) is 1. The first kappa shape index (κ1) is 33.3. The number of aromatic nitrogens is 2. The first-order valence-electron chi connectivity index (χ1n) is 14.0. The third kappa shape index (κ3) is 7.31. The van der Waals surface area contributed by atoms with Gasteiger partial charge in [0.25, 0.3) is 5.78 Å². The summed E-state index contributed by atoms with van der Waals surface area (Å²) < 4.78 is 6.46. The molecule has 238 valence electrons. The van der Waals surface area contributed by atoms with Crippen molar-refractivity contribution in [3.63, 3.8) is 0 Å². The van der Waals surface area contributed by atoms with E-state index in [1.807, 2.05) is 37.3 Å². The molecule has 2 heterocycles. The first-order valence-corrected chi connectivity index (χ1v) is 17.4. The molecular weight excluding hydrogens is 720 g/mol. The van der Waals surface area contributed by atoms with Gasteiger partial charge in [0.05, 0.1) is 21.7 Å². The number of halogens is 4. The van der Waals surface area contributed by atoms with E-state index in [2.05, 4.69) is 10.2 Å². The smallest absolute Gasteiger partial charge is 0.301 e. The minimum atomic E-state index is -1.06. The van der Waals surface area contributed by atoms with Crippen molar-refractivity contribution in [1.29, 1.82) is 0 Å². The number of benzene rings is 4. The summed E-state index contributed by atoms with van der Waals surface area (Å²) in [5, 5.41) is 21.8. The highest BCUT2D eigenvalue weighted by Gasteiger charge is 2.48. The molecule has 0 saturated carbocycles. The van der Waals surface area contributed by atoms with Gasteiger partial charge < -0.3 is 9.84 Å². The van der Waals surface area contributed by atoms with Crippen molar-refractivity contribution in [1.82, 2.24) is 10.2 Å². The standard InChI is InChI=1S/C34H23Cl4N3O4S2/c1-18-3-2-4-19(13-18)16-45-24-10-6-20(7-11-24)30(42)28-29(21-8-12-25(36)27(38)14-21)41(32(44)31(28)43)33-39-40-34(47-33)46-17-22-5-9-23(35)15-26(22)37/h2-15,29,42H,16-17H2,1H3. The SMILES string of the molecule is Cc1cccc(COc2ccc(C(O)=C3C(=O)C(=O)N(c4nnc(SCc5ccc(Cl)cc5Cl)s4)C3c3ccc(Cl)c(Cl)c3)cc2)c1. The predicted molar refractivity (Wildman–Crippen MR) is 189 cm³/mol. The van der Waals surface area contributed by atoms with Gasteiger partial charge >= 0.3 is 5.91 Å². The number of hydrogen-bond donors (Lipinski definition) is 1. The lowest BCUT2D eigenvalue weighted by Gasteiger charge is -2.23. The van der Waals surface area contributed by atoms with Crippen molar-refractivity contribution in [3.8, 4) is 5.75 Å². The molecule has 1 aromatic heterocycles. The zero-order chi connectivity index (χ0) is 33.2. The molecule has 1 saturated heterocycles. The Morgan fingerprint density at radius 1 is 0.915 bits per heavy atom. The Kier molecular flexibility index (Phi) is 10.1. The third-order valence-electron chi connectivity index (χ3n) is 7.29. The Hall–Kier alpha value is -3.57. The number of amides is 1. The molecule has 0 radical (unpaired) electrons. The molecule has 47 heavy (non-hydrogen) atoms. The van der Waals surface area contributed by atoms with E-state index in [0.29, 0.717) is 48.6 Å². The fourth-order valence-electron chi connectivity index (χ4n) is 5.00. The number of anilines is 1. The molecule has 1 aliphatic heterocycles. The van der Waals surface area contributed by atoms with Crippen LogP contribution in [0.3, 0.4) is 0 Å². The zero-order valence-corrected chi connectivity index (χ0v) is 29.1. The Morgan fingerprint density at radius 2 is 1.70 bits per heavy atom. The molecule has 0 aliphatic carbocycles. The summed E-state index contributed by atoms with van der Waals surface area (Å²) in [7, 11) is 0. The second-order valence-corrected chi connectivity index (χ2v) is 14.4. The van der Waals surface area contributed by atoms with E-state index in [-0.39, 0.29) is 21.5 Å². The number of hydrogen-bond acceptors (Lipinski definition) is 8. The van der Waals surface area contributed by atoms with Gasteiger partial charge in [0.2, 0.25) is 5.13 Å². The number of carbonyl (C=O) groups excluding carboxylic acids is 2. The van der Waals surface area contributed by atoms with Crippen molar-refractivity contribution >= 4 is 92.1 Å². The molecule has 6 rings (SSSR count). The van der Waals surface area contributed by atoms with Crippen LogP contribution in [0.2, 0.25) is 20.1 Å². The lowest BCUT2D eigenvalue weighted by molar-refractivity contribution is -0.132. The topological polar surface area (TPSA) is 92.6 Å². The highest BCUT2D eigenvalue weighted by atomic mass is 35.5. The first-order chi connectivity index (χ1) is 22.6. The number of nitrogens with zero attached hydrogens (tertiary/aromatic N) is 3. The number of thioether (sulfide) groups is 1. The average molecular weight is 744 g/mol. The van der Waals surface area contributed by atoms with E-state index in [1.165, 1.54) is 16.7 Å². The van der Waals surface area contributed by atoms with Crippen LogP contribution in [0.15, 0.2) is 94.8 Å². The van der Waals surface area contributed by atoms with Crippen LogP contribution in [0, 0.1) is 6.92 Å². The number of rotatable bonds is 9. The minimum Gasteiger partial charge on any atom is -0.507 e. The van der Waals surface area contributed by atoms with Gasteiger partial charge in [0.15, 0.2) is 4.34 Å². The number of aliphatic hydroxyl groups excluding tert-OH is 1. The average Bonchev–Trinajstić information content (AvgIpc) is 3.62. The van der Waals surface area contributed by atoms with Crippen LogP contribution in [-0.2, 0) is 21.9 Å². The summed E-state index contributed by atoms with van der Waals surface area (Å²) >= 11 is 27.4. The van der Waals surface area contributed by atoms with Crippen LogP contribution in [-0.4, -0.2) is 27.0 Å². The Bertz CT molecular complexity index is 2030. The number of carbonyl (C=O) groups is 2. The summed E-state index contributed by atoms with van der Waals surface area (Å²) in [6, 6.07) is 23.6. The number of aliphatic hydroxyl groups is 1. The van der Waals surface area contributed by atoms with Gasteiger partial charge in [0, 0.05) is 21.4 Å². The maximum absolute atomic E-state index is 13.6. The molecule has 0 bridgehead atoms. The molecule has 1 amide bonds. The summed E-state index contributed by atoms with van der Waals surface area (Å²) in [5.74, 6) is -1.05. The normalized spacial score (nSPS) is 15.8. The van der Waals surface area contributed by atoms with Gasteiger partial charge in [-0.3, -0.25) is 14.5 Å².